The first-order chi connectivity index (χ1) is 33.1. The van der Waals surface area contributed by atoms with Crippen LogP contribution >= 0.6 is 0 Å². The summed E-state index contributed by atoms with van der Waals surface area (Å²) >= 11 is 0. The number of rotatable bonds is 6. The topological polar surface area (TPSA) is 95.7 Å². The highest BCUT2D eigenvalue weighted by molar-refractivity contribution is 6.14. The van der Waals surface area contributed by atoms with E-state index < -0.39 is 0 Å². The molecule has 5 aromatic heterocycles. The molecule has 0 aliphatic carbocycles. The minimum absolute atomic E-state index is 0.551. The van der Waals surface area contributed by atoms with E-state index in [2.05, 4.69) is 89.5 Å². The lowest BCUT2D eigenvalue weighted by Crippen LogP contribution is -2.00. The molecule has 318 valence electrons. The molecule has 0 aliphatic heterocycles. The molecule has 8 aromatic carbocycles. The van der Waals surface area contributed by atoms with Crippen LogP contribution in [0.4, 0.5) is 0 Å². The van der Waals surface area contributed by atoms with Crippen LogP contribution in [0.15, 0.2) is 215 Å². The van der Waals surface area contributed by atoms with E-state index in [0.29, 0.717) is 40.2 Å². The van der Waals surface area contributed by atoms with Gasteiger partial charge in [0.1, 0.15) is 28.0 Å². The summed E-state index contributed by atoms with van der Waals surface area (Å²) in [6.07, 6.45) is 4.00. The highest BCUT2D eigenvalue weighted by Crippen LogP contribution is 2.41. The van der Waals surface area contributed by atoms with Gasteiger partial charge in [-0.25, -0.2) is 24.9 Å². The minimum atomic E-state index is 0.551. The van der Waals surface area contributed by atoms with Crippen molar-refractivity contribution < 1.29 is 8.83 Å². The first-order valence-corrected chi connectivity index (χ1v) is 22.3. The molecule has 0 unspecified atom stereocenters. The van der Waals surface area contributed by atoms with E-state index in [-0.39, 0.29) is 0 Å². The average Bonchev–Trinajstić information content (AvgIpc) is 4.08. The summed E-state index contributed by atoms with van der Waals surface area (Å²) in [4.78, 5) is 25.7. The molecule has 0 saturated heterocycles. The zero-order valence-electron chi connectivity index (χ0n) is 36.6. The number of hydrogen-bond acceptors (Lipinski definition) is 7. The van der Waals surface area contributed by atoms with Gasteiger partial charge in [-0.05, 0) is 80.6 Å². The summed E-state index contributed by atoms with van der Waals surface area (Å²) < 4.78 is 15.4. The van der Waals surface area contributed by atoms with Crippen molar-refractivity contribution in [1.82, 2.24) is 29.5 Å². The molecule has 13 aromatic rings. The van der Waals surface area contributed by atoms with Crippen molar-refractivity contribution in [3.63, 3.8) is 0 Å². The summed E-state index contributed by atoms with van der Waals surface area (Å²) in [6, 6.07) is 65.8. The maximum absolute atomic E-state index is 6.67. The molecule has 13 rings (SSSR count). The maximum Gasteiger partial charge on any atom is 0.180 e. The van der Waals surface area contributed by atoms with E-state index in [1.807, 2.05) is 135 Å². The second kappa shape index (κ2) is 16.5. The highest BCUT2D eigenvalue weighted by atomic mass is 16.3. The van der Waals surface area contributed by atoms with E-state index in [1.54, 1.807) is 0 Å². The number of para-hydroxylation sites is 3. The van der Waals surface area contributed by atoms with Crippen molar-refractivity contribution >= 4 is 65.8 Å². The van der Waals surface area contributed by atoms with Gasteiger partial charge in [0.2, 0.25) is 0 Å². The van der Waals surface area contributed by atoms with E-state index in [1.165, 1.54) is 0 Å². The van der Waals surface area contributed by atoms with Crippen LogP contribution in [0.5, 0.6) is 0 Å². The number of furan rings is 2. The van der Waals surface area contributed by atoms with Gasteiger partial charge in [0.25, 0.3) is 0 Å². The van der Waals surface area contributed by atoms with Gasteiger partial charge in [-0.2, -0.15) is 0 Å². The van der Waals surface area contributed by atoms with E-state index in [0.717, 1.165) is 88.2 Å². The first-order valence-electron chi connectivity index (χ1n) is 22.3. The Hall–Kier alpha value is -9.01. The number of hydrogen-bond donors (Lipinski definition) is 0. The monoisotopic (exact) mass is 864 g/mol. The molecule has 0 atom stereocenters. The van der Waals surface area contributed by atoms with Crippen LogP contribution in [0.2, 0.25) is 0 Å². The summed E-state index contributed by atoms with van der Waals surface area (Å²) in [5.41, 5.74) is 12.0. The van der Waals surface area contributed by atoms with Gasteiger partial charge < -0.3 is 13.4 Å². The third kappa shape index (κ3) is 6.90. The minimum Gasteiger partial charge on any atom is -0.456 e. The smallest absolute Gasteiger partial charge is 0.180 e. The van der Waals surface area contributed by atoms with Crippen LogP contribution in [0.3, 0.4) is 0 Å². The van der Waals surface area contributed by atoms with Crippen LogP contribution in [0.1, 0.15) is 13.8 Å². The quantitative estimate of drug-likeness (QED) is 0.154. The molecule has 67 heavy (non-hydrogen) atoms. The van der Waals surface area contributed by atoms with Gasteiger partial charge in [0.15, 0.2) is 28.9 Å². The van der Waals surface area contributed by atoms with Crippen LogP contribution < -0.4 is 0 Å². The summed E-state index contributed by atoms with van der Waals surface area (Å²) in [6.45, 7) is 4.00. The van der Waals surface area contributed by atoms with Crippen LogP contribution in [0.25, 0.3) is 128 Å². The van der Waals surface area contributed by atoms with Crippen LogP contribution in [-0.4, -0.2) is 29.5 Å². The third-order valence-electron chi connectivity index (χ3n) is 12.2. The second-order valence-corrected chi connectivity index (χ2v) is 16.3. The average molecular weight is 865 g/mol. The molecule has 0 aliphatic rings. The SMILES string of the molecule is C/C=C\C.c1ccc(-c2nc(-c3ccc4c(c3)c3ccccc3n4-c3ccccc3)nc(-c3cccc4oc5cc(-c6nc(-c7ccccc7)nc7c6oc6ccccc67)ccc5c34)n2)cc1. The van der Waals surface area contributed by atoms with Crippen LogP contribution in [-0.2, 0) is 0 Å². The predicted octanol–water partition coefficient (Wildman–Crippen LogP) is 15.5. The predicted molar refractivity (Wildman–Crippen MR) is 272 cm³/mol. The third-order valence-corrected chi connectivity index (χ3v) is 12.2. The van der Waals surface area contributed by atoms with Gasteiger partial charge in [0.05, 0.1) is 11.0 Å². The number of aromatic nitrogens is 6. The molecule has 0 amide bonds. The number of benzene rings is 8. The molecule has 8 heteroatoms. The first kappa shape index (κ1) is 39.6. The Morgan fingerprint density at radius 1 is 0.388 bits per heavy atom. The Kier molecular flexibility index (Phi) is 9.76. The van der Waals surface area contributed by atoms with Crippen molar-refractivity contribution in [2.45, 2.75) is 13.8 Å². The fraction of sp³-hybridized carbons (Fsp3) is 0.0339. The van der Waals surface area contributed by atoms with E-state index >= 15 is 0 Å². The van der Waals surface area contributed by atoms with Crippen molar-refractivity contribution in [3.8, 4) is 62.5 Å². The normalized spacial score (nSPS) is 11.7. The molecule has 0 radical (unpaired) electrons. The number of fused-ring (bicyclic) bond motifs is 9. The van der Waals surface area contributed by atoms with Crippen molar-refractivity contribution in [2.75, 3.05) is 0 Å². The fourth-order valence-corrected chi connectivity index (χ4v) is 8.97. The van der Waals surface area contributed by atoms with E-state index in [4.69, 9.17) is 33.8 Å². The molecule has 8 nitrogen and oxygen atoms in total. The van der Waals surface area contributed by atoms with Gasteiger partial charge in [-0.1, -0.05) is 140 Å². The Balaban J connectivity index is 0.00000113. The fourth-order valence-electron chi connectivity index (χ4n) is 8.97. The molecular weight excluding hydrogens is 825 g/mol. The number of nitrogens with zero attached hydrogens (tertiary/aromatic N) is 6. The number of allylic oxidation sites excluding steroid dienone is 2. The largest absolute Gasteiger partial charge is 0.456 e. The molecule has 0 spiro atoms. The van der Waals surface area contributed by atoms with Gasteiger partial charge in [0, 0.05) is 60.4 Å². The molecule has 0 saturated carbocycles. The molecule has 0 bridgehead atoms. The molecule has 0 N–H and O–H groups in total. The Morgan fingerprint density at radius 2 is 0.985 bits per heavy atom. The van der Waals surface area contributed by atoms with Gasteiger partial charge in [-0.3, -0.25) is 0 Å². The van der Waals surface area contributed by atoms with Crippen molar-refractivity contribution in [2.24, 2.45) is 0 Å². The molecule has 5 heterocycles. The van der Waals surface area contributed by atoms with E-state index in [9.17, 15) is 0 Å². The van der Waals surface area contributed by atoms with Crippen LogP contribution in [0, 0.1) is 0 Å². The standard InChI is InChI=1S/C55H32N6O2.C4H8/c1-4-15-33(16-5-1)52-56-49(51-50(57-52)40-22-11-13-25-45(40)63-51)35-27-29-39-47(32-35)62-46-26-14-23-41(48(39)46)55-59-53(34-17-6-2-7-18-34)58-54(60-55)36-28-30-44-42(31-36)38-21-10-12-24-43(38)61(44)37-19-8-3-9-20-37;1-3-4-2/h1-32H;3-4H,1-2H3/b;4-3-. The molecular formula is C59H40N6O2. The lowest BCUT2D eigenvalue weighted by Gasteiger charge is -2.10. The Bertz CT molecular complexity index is 4000. The summed E-state index contributed by atoms with van der Waals surface area (Å²) in [7, 11) is 0. The van der Waals surface area contributed by atoms with Crippen molar-refractivity contribution in [1.29, 1.82) is 0 Å². The lowest BCUT2D eigenvalue weighted by atomic mass is 10.0. The zero-order valence-corrected chi connectivity index (χ0v) is 36.6. The molecule has 0 fully saturated rings. The van der Waals surface area contributed by atoms with Crippen molar-refractivity contribution in [3.05, 3.63) is 206 Å². The van der Waals surface area contributed by atoms with Gasteiger partial charge in [-0.15, -0.1) is 0 Å². The van der Waals surface area contributed by atoms with Gasteiger partial charge >= 0.3 is 0 Å². The second-order valence-electron chi connectivity index (χ2n) is 16.3. The maximum atomic E-state index is 6.67. The Morgan fingerprint density at radius 3 is 1.73 bits per heavy atom. The summed E-state index contributed by atoms with van der Waals surface area (Å²) in [5.74, 6) is 2.34. The summed E-state index contributed by atoms with van der Waals surface area (Å²) in [5, 5.41) is 5.06. The lowest BCUT2D eigenvalue weighted by molar-refractivity contribution is 0.666. The zero-order chi connectivity index (χ0) is 44.8. The highest BCUT2D eigenvalue weighted by Gasteiger charge is 2.22. The Labute approximate surface area is 385 Å².